The minimum absolute atomic E-state index is 0. The Kier molecular flexibility index (Phi) is 9.00. The largest absolute Gasteiger partial charge is 0.357 e. The zero-order valence-corrected chi connectivity index (χ0v) is 18.8. The summed E-state index contributed by atoms with van der Waals surface area (Å²) in [6, 6.07) is 17.1. The van der Waals surface area contributed by atoms with Crippen LogP contribution in [0.3, 0.4) is 0 Å². The van der Waals surface area contributed by atoms with Gasteiger partial charge >= 0.3 is 0 Å². The molecule has 6 heteroatoms. The Morgan fingerprint density at radius 3 is 2.54 bits per heavy atom. The summed E-state index contributed by atoms with van der Waals surface area (Å²) in [6.45, 7) is 7.23. The maximum Gasteiger partial charge on any atom is 0.191 e. The second kappa shape index (κ2) is 11.5. The molecule has 5 nitrogen and oxygen atoms in total. The van der Waals surface area contributed by atoms with Gasteiger partial charge in [0.25, 0.3) is 0 Å². The Bertz CT molecular complexity index is 857. The second-order valence-electron chi connectivity index (χ2n) is 6.59. The second-order valence-corrected chi connectivity index (χ2v) is 6.59. The number of aromatic nitrogens is 2. The molecule has 0 saturated carbocycles. The van der Waals surface area contributed by atoms with Gasteiger partial charge in [-0.2, -0.15) is 0 Å². The van der Waals surface area contributed by atoms with Gasteiger partial charge in [-0.15, -0.1) is 24.0 Å². The Hall–Kier alpha value is -2.35. The van der Waals surface area contributed by atoms with E-state index in [-0.39, 0.29) is 24.0 Å². The van der Waals surface area contributed by atoms with Crippen molar-refractivity contribution in [3.05, 3.63) is 89.5 Å². The molecule has 0 aliphatic rings. The molecule has 0 fully saturated rings. The van der Waals surface area contributed by atoms with Crippen molar-refractivity contribution in [2.24, 2.45) is 4.99 Å². The summed E-state index contributed by atoms with van der Waals surface area (Å²) in [4.78, 5) is 8.83. The van der Waals surface area contributed by atoms with Crippen molar-refractivity contribution < 1.29 is 0 Å². The van der Waals surface area contributed by atoms with E-state index in [1.54, 1.807) is 6.20 Å². The topological polar surface area (TPSA) is 54.2 Å². The highest BCUT2D eigenvalue weighted by Gasteiger charge is 2.01. The van der Waals surface area contributed by atoms with E-state index < -0.39 is 0 Å². The van der Waals surface area contributed by atoms with Crippen LogP contribution in [0.5, 0.6) is 0 Å². The van der Waals surface area contributed by atoms with Crippen LogP contribution in [0, 0.1) is 6.92 Å². The Labute approximate surface area is 184 Å². The van der Waals surface area contributed by atoms with E-state index in [2.05, 4.69) is 82.6 Å². The lowest BCUT2D eigenvalue weighted by Gasteiger charge is -2.12. The molecule has 0 spiro atoms. The molecule has 0 aliphatic heterocycles. The maximum atomic E-state index is 4.73. The van der Waals surface area contributed by atoms with Gasteiger partial charge in [-0.05, 0) is 30.5 Å². The molecule has 2 aromatic carbocycles. The molecular weight excluding hydrogens is 461 g/mol. The number of aryl methyl sites for hydroxylation is 1. The SMILES string of the molecule is CCNC(=NCc1cccc(Cn2ccnc2)c1)NCc1ccc(C)cc1.I. The quantitative estimate of drug-likeness (QED) is 0.299. The van der Waals surface area contributed by atoms with Gasteiger partial charge in [0.2, 0.25) is 0 Å². The average Bonchev–Trinajstić information content (AvgIpc) is 3.18. The van der Waals surface area contributed by atoms with Crippen LogP contribution < -0.4 is 10.6 Å². The van der Waals surface area contributed by atoms with Crippen LogP contribution in [-0.2, 0) is 19.6 Å². The van der Waals surface area contributed by atoms with Crippen molar-refractivity contribution in [1.82, 2.24) is 20.2 Å². The molecule has 1 aromatic heterocycles. The fourth-order valence-corrected chi connectivity index (χ4v) is 2.82. The van der Waals surface area contributed by atoms with Crippen LogP contribution >= 0.6 is 24.0 Å². The predicted octanol–water partition coefficient (Wildman–Crippen LogP) is 4.11. The molecule has 0 saturated heterocycles. The van der Waals surface area contributed by atoms with Crippen molar-refractivity contribution in [3.8, 4) is 0 Å². The number of rotatable bonds is 7. The summed E-state index contributed by atoms with van der Waals surface area (Å²) < 4.78 is 2.07. The monoisotopic (exact) mass is 489 g/mol. The van der Waals surface area contributed by atoms with Gasteiger partial charge in [-0.3, -0.25) is 0 Å². The first-order valence-corrected chi connectivity index (χ1v) is 9.34. The third-order valence-electron chi connectivity index (χ3n) is 4.26. The van der Waals surface area contributed by atoms with E-state index in [0.29, 0.717) is 6.54 Å². The van der Waals surface area contributed by atoms with Crippen LogP contribution in [0.25, 0.3) is 0 Å². The standard InChI is InChI=1S/C22H27N5.HI/c1-3-24-22(25-14-19-9-7-18(2)8-10-19)26-15-20-5-4-6-21(13-20)16-27-12-11-23-17-27;/h4-13,17H,3,14-16H2,1-2H3,(H2,24,25,26);1H. The highest BCUT2D eigenvalue weighted by molar-refractivity contribution is 14.0. The van der Waals surface area contributed by atoms with Crippen LogP contribution in [0.4, 0.5) is 0 Å². The molecule has 148 valence electrons. The smallest absolute Gasteiger partial charge is 0.191 e. The first kappa shape index (κ1) is 21.9. The van der Waals surface area contributed by atoms with Gasteiger partial charge in [-0.1, -0.05) is 54.1 Å². The highest BCUT2D eigenvalue weighted by atomic mass is 127. The number of hydrogen-bond donors (Lipinski definition) is 2. The molecule has 3 rings (SSSR count). The van der Waals surface area contributed by atoms with Gasteiger partial charge in [0.05, 0.1) is 12.9 Å². The molecule has 2 N–H and O–H groups in total. The zero-order valence-electron chi connectivity index (χ0n) is 16.4. The summed E-state index contributed by atoms with van der Waals surface area (Å²) in [7, 11) is 0. The van der Waals surface area contributed by atoms with E-state index in [1.807, 2.05) is 12.5 Å². The van der Waals surface area contributed by atoms with Gasteiger partial charge in [0.15, 0.2) is 5.96 Å². The molecule has 0 atom stereocenters. The molecule has 0 aliphatic carbocycles. The molecule has 28 heavy (non-hydrogen) atoms. The maximum absolute atomic E-state index is 4.73. The molecule has 0 bridgehead atoms. The van der Waals surface area contributed by atoms with Crippen LogP contribution in [0.15, 0.2) is 72.2 Å². The van der Waals surface area contributed by atoms with Gasteiger partial charge in [0, 0.05) is 32.0 Å². The fourth-order valence-electron chi connectivity index (χ4n) is 2.82. The molecule has 0 radical (unpaired) electrons. The lowest BCUT2D eigenvalue weighted by molar-refractivity contribution is 0.793. The Balaban J connectivity index is 0.00000280. The fraction of sp³-hybridized carbons (Fsp3) is 0.273. The summed E-state index contributed by atoms with van der Waals surface area (Å²) in [6.07, 6.45) is 5.61. The molecule has 1 heterocycles. The molecule has 3 aromatic rings. The van der Waals surface area contributed by atoms with Crippen LogP contribution in [0.2, 0.25) is 0 Å². The van der Waals surface area contributed by atoms with Crippen molar-refractivity contribution in [2.75, 3.05) is 6.54 Å². The van der Waals surface area contributed by atoms with E-state index in [1.165, 1.54) is 22.3 Å². The van der Waals surface area contributed by atoms with Crippen LogP contribution in [-0.4, -0.2) is 22.1 Å². The van der Waals surface area contributed by atoms with E-state index in [9.17, 15) is 0 Å². The number of aliphatic imine (C=N–C) groups is 1. The normalized spacial score (nSPS) is 11.0. The van der Waals surface area contributed by atoms with Gasteiger partial charge in [-0.25, -0.2) is 9.98 Å². The molecular formula is C22H28IN5. The van der Waals surface area contributed by atoms with Crippen molar-refractivity contribution >= 4 is 29.9 Å². The number of nitrogens with zero attached hydrogens (tertiary/aromatic N) is 3. The lowest BCUT2D eigenvalue weighted by Crippen LogP contribution is -2.36. The van der Waals surface area contributed by atoms with E-state index in [0.717, 1.165) is 25.6 Å². The summed E-state index contributed by atoms with van der Waals surface area (Å²) in [5, 5.41) is 6.72. The van der Waals surface area contributed by atoms with Gasteiger partial charge in [0.1, 0.15) is 0 Å². The number of imidazole rings is 1. The number of nitrogens with one attached hydrogen (secondary N) is 2. The highest BCUT2D eigenvalue weighted by Crippen LogP contribution is 2.09. The number of halogens is 1. The first-order valence-electron chi connectivity index (χ1n) is 9.34. The summed E-state index contributed by atoms with van der Waals surface area (Å²) >= 11 is 0. The Morgan fingerprint density at radius 2 is 1.82 bits per heavy atom. The summed E-state index contributed by atoms with van der Waals surface area (Å²) in [5.74, 6) is 0.832. The van der Waals surface area contributed by atoms with Crippen molar-refractivity contribution in [2.45, 2.75) is 33.5 Å². The van der Waals surface area contributed by atoms with Crippen molar-refractivity contribution in [3.63, 3.8) is 0 Å². The molecule has 0 unspecified atom stereocenters. The average molecular weight is 489 g/mol. The third kappa shape index (κ3) is 6.99. The Morgan fingerprint density at radius 1 is 1.04 bits per heavy atom. The van der Waals surface area contributed by atoms with Gasteiger partial charge < -0.3 is 15.2 Å². The lowest BCUT2D eigenvalue weighted by atomic mass is 10.1. The predicted molar refractivity (Wildman–Crippen MR) is 126 cm³/mol. The van der Waals surface area contributed by atoms with Crippen molar-refractivity contribution in [1.29, 1.82) is 0 Å². The number of hydrogen-bond acceptors (Lipinski definition) is 2. The summed E-state index contributed by atoms with van der Waals surface area (Å²) in [5.41, 5.74) is 4.96. The number of benzene rings is 2. The zero-order chi connectivity index (χ0) is 18.9. The van der Waals surface area contributed by atoms with Crippen LogP contribution in [0.1, 0.15) is 29.2 Å². The molecule has 0 amide bonds. The first-order chi connectivity index (χ1) is 13.2. The van der Waals surface area contributed by atoms with E-state index >= 15 is 0 Å². The van der Waals surface area contributed by atoms with E-state index in [4.69, 9.17) is 4.99 Å². The third-order valence-corrected chi connectivity index (χ3v) is 4.26. The minimum Gasteiger partial charge on any atom is -0.357 e. The minimum atomic E-state index is 0. The number of guanidine groups is 1.